The minimum absolute atomic E-state index is 0.280. The van der Waals surface area contributed by atoms with Crippen LogP contribution in [-0.2, 0) is 11.3 Å². The maximum absolute atomic E-state index is 12.7. The van der Waals surface area contributed by atoms with Crippen molar-refractivity contribution in [2.45, 2.75) is 13.0 Å². The third-order valence-electron chi connectivity index (χ3n) is 5.48. The zero-order valence-corrected chi connectivity index (χ0v) is 16.5. The second kappa shape index (κ2) is 8.83. The predicted molar refractivity (Wildman–Crippen MR) is 112 cm³/mol. The Balaban J connectivity index is 1.23. The van der Waals surface area contributed by atoms with Gasteiger partial charge >= 0.3 is 0 Å². The highest BCUT2D eigenvalue weighted by atomic mass is 32.1. The highest BCUT2D eigenvalue weighted by Crippen LogP contribution is 2.22. The first kappa shape index (κ1) is 18.4. The lowest BCUT2D eigenvalue weighted by Gasteiger charge is -2.36. The third kappa shape index (κ3) is 4.86. The van der Waals surface area contributed by atoms with E-state index in [0.29, 0.717) is 6.54 Å². The van der Waals surface area contributed by atoms with Crippen LogP contribution in [0.2, 0.25) is 0 Å². The zero-order chi connectivity index (χ0) is 18.5. The molecule has 4 nitrogen and oxygen atoms in total. The molecule has 1 aromatic heterocycles. The van der Waals surface area contributed by atoms with Crippen LogP contribution in [0.4, 0.5) is 0 Å². The van der Waals surface area contributed by atoms with E-state index in [0.717, 1.165) is 52.2 Å². The summed E-state index contributed by atoms with van der Waals surface area (Å²) in [6, 6.07) is 14.9. The minimum Gasteiger partial charge on any atom is -0.339 e. The van der Waals surface area contributed by atoms with Crippen LogP contribution in [0.5, 0.6) is 0 Å². The molecule has 1 aromatic carbocycles. The fourth-order valence-corrected chi connectivity index (χ4v) is 4.59. The molecule has 0 saturated carbocycles. The van der Waals surface area contributed by atoms with E-state index in [2.05, 4.69) is 63.7 Å². The molecule has 0 aliphatic carbocycles. The Morgan fingerprint density at radius 3 is 2.41 bits per heavy atom. The molecule has 5 heteroatoms. The molecule has 2 aliphatic rings. The molecule has 3 heterocycles. The summed E-state index contributed by atoms with van der Waals surface area (Å²) in [6.07, 6.45) is 3.30. The molecule has 0 unspecified atom stereocenters. The number of carbonyl (C=O) groups excluding carboxylic acids is 1. The minimum atomic E-state index is 0.280. The molecule has 0 spiro atoms. The Kier molecular flexibility index (Phi) is 6.02. The fourth-order valence-electron chi connectivity index (χ4n) is 3.84. The van der Waals surface area contributed by atoms with Crippen LogP contribution in [-0.4, -0.2) is 66.4 Å². The van der Waals surface area contributed by atoms with E-state index < -0.39 is 0 Å². The average molecular weight is 382 g/mol. The van der Waals surface area contributed by atoms with Gasteiger partial charge < -0.3 is 4.90 Å². The summed E-state index contributed by atoms with van der Waals surface area (Å²) in [7, 11) is 0. The van der Waals surface area contributed by atoms with Gasteiger partial charge in [-0.2, -0.15) is 0 Å². The van der Waals surface area contributed by atoms with Gasteiger partial charge in [-0.1, -0.05) is 42.5 Å². The van der Waals surface area contributed by atoms with E-state index in [4.69, 9.17) is 0 Å². The van der Waals surface area contributed by atoms with Gasteiger partial charge in [-0.25, -0.2) is 0 Å². The molecule has 1 fully saturated rings. The molecule has 2 aromatic rings. The Morgan fingerprint density at radius 2 is 1.74 bits per heavy atom. The van der Waals surface area contributed by atoms with Crippen LogP contribution in [0.25, 0.3) is 5.57 Å². The van der Waals surface area contributed by atoms with Crippen molar-refractivity contribution < 1.29 is 4.79 Å². The zero-order valence-electron chi connectivity index (χ0n) is 15.7. The molecular weight excluding hydrogens is 354 g/mol. The van der Waals surface area contributed by atoms with Gasteiger partial charge in [0.25, 0.3) is 0 Å². The maximum Gasteiger partial charge on any atom is 0.236 e. The number of nitrogens with zero attached hydrogens (tertiary/aromatic N) is 3. The Morgan fingerprint density at radius 1 is 0.926 bits per heavy atom. The molecule has 4 rings (SSSR count). The number of rotatable bonds is 5. The summed E-state index contributed by atoms with van der Waals surface area (Å²) in [5.41, 5.74) is 2.71. The second-order valence-corrected chi connectivity index (χ2v) is 8.35. The van der Waals surface area contributed by atoms with E-state index in [9.17, 15) is 4.79 Å². The maximum atomic E-state index is 12.7. The van der Waals surface area contributed by atoms with Gasteiger partial charge in [0.1, 0.15) is 0 Å². The first-order valence-electron chi connectivity index (χ1n) is 9.77. The molecule has 2 aliphatic heterocycles. The summed E-state index contributed by atoms with van der Waals surface area (Å²) < 4.78 is 0. The monoisotopic (exact) mass is 381 g/mol. The van der Waals surface area contributed by atoms with Crippen molar-refractivity contribution in [2.24, 2.45) is 0 Å². The quantitative estimate of drug-likeness (QED) is 0.796. The second-order valence-electron chi connectivity index (χ2n) is 7.32. The largest absolute Gasteiger partial charge is 0.339 e. The Bertz CT molecular complexity index is 764. The molecule has 0 bridgehead atoms. The molecule has 0 N–H and O–H groups in total. The first-order valence-corrected chi connectivity index (χ1v) is 10.7. The van der Waals surface area contributed by atoms with Gasteiger partial charge in [-0.05, 0) is 29.0 Å². The fraction of sp³-hybridized carbons (Fsp3) is 0.409. The van der Waals surface area contributed by atoms with Crippen LogP contribution in [0.3, 0.4) is 0 Å². The number of thiophene rings is 1. The summed E-state index contributed by atoms with van der Waals surface area (Å²) in [5, 5.41) is 2.13. The number of benzene rings is 1. The van der Waals surface area contributed by atoms with Crippen LogP contribution >= 0.6 is 11.3 Å². The molecule has 27 heavy (non-hydrogen) atoms. The average Bonchev–Trinajstić information content (AvgIpc) is 3.23. The number of hydrogen-bond acceptors (Lipinski definition) is 4. The molecular formula is C22H27N3OS. The summed E-state index contributed by atoms with van der Waals surface area (Å²) in [4.78, 5) is 20.9. The SMILES string of the molecule is O=C(CN1CC=C(c2ccccc2)CC1)N1CCN(Cc2cccs2)CC1. The van der Waals surface area contributed by atoms with Crippen molar-refractivity contribution in [3.63, 3.8) is 0 Å². The van der Waals surface area contributed by atoms with Crippen molar-refractivity contribution in [3.8, 4) is 0 Å². The predicted octanol–water partition coefficient (Wildman–Crippen LogP) is 3.18. The lowest BCUT2D eigenvalue weighted by Crippen LogP contribution is -2.51. The van der Waals surface area contributed by atoms with Crippen LogP contribution in [0.1, 0.15) is 16.9 Å². The van der Waals surface area contributed by atoms with Crippen molar-refractivity contribution >= 4 is 22.8 Å². The smallest absolute Gasteiger partial charge is 0.236 e. The summed E-state index contributed by atoms with van der Waals surface area (Å²) >= 11 is 1.81. The van der Waals surface area contributed by atoms with E-state index in [1.54, 1.807) is 0 Å². The topological polar surface area (TPSA) is 26.8 Å². The van der Waals surface area contributed by atoms with Gasteiger partial charge in [-0.15, -0.1) is 11.3 Å². The van der Waals surface area contributed by atoms with E-state index in [-0.39, 0.29) is 5.91 Å². The molecule has 0 atom stereocenters. The van der Waals surface area contributed by atoms with Crippen LogP contribution in [0.15, 0.2) is 53.9 Å². The van der Waals surface area contributed by atoms with E-state index >= 15 is 0 Å². The lowest BCUT2D eigenvalue weighted by atomic mass is 9.99. The number of hydrogen-bond donors (Lipinski definition) is 0. The first-order chi connectivity index (χ1) is 13.3. The van der Waals surface area contributed by atoms with Crippen molar-refractivity contribution in [2.75, 3.05) is 45.8 Å². The molecule has 1 saturated heterocycles. The van der Waals surface area contributed by atoms with Crippen LogP contribution < -0.4 is 0 Å². The summed E-state index contributed by atoms with van der Waals surface area (Å²) in [5.74, 6) is 0.280. The molecule has 1 amide bonds. The number of piperazine rings is 1. The standard InChI is InChI=1S/C22H27N3OS/c26-22(25-14-12-24(13-15-25)17-21-7-4-16-27-21)18-23-10-8-20(9-11-23)19-5-2-1-3-6-19/h1-8,16H,9-15,17-18H2. The summed E-state index contributed by atoms with van der Waals surface area (Å²) in [6.45, 7) is 7.04. The van der Waals surface area contributed by atoms with Crippen LogP contribution in [0, 0.1) is 0 Å². The van der Waals surface area contributed by atoms with Gasteiger partial charge in [0.15, 0.2) is 0 Å². The van der Waals surface area contributed by atoms with Crippen molar-refractivity contribution in [3.05, 3.63) is 64.4 Å². The van der Waals surface area contributed by atoms with Gasteiger partial charge in [0.05, 0.1) is 6.54 Å². The van der Waals surface area contributed by atoms with Crippen molar-refractivity contribution in [1.82, 2.24) is 14.7 Å². The Labute approximate surface area is 165 Å². The third-order valence-corrected chi connectivity index (χ3v) is 6.34. The van der Waals surface area contributed by atoms with Gasteiger partial charge in [-0.3, -0.25) is 14.6 Å². The van der Waals surface area contributed by atoms with E-state index in [1.807, 2.05) is 16.2 Å². The van der Waals surface area contributed by atoms with E-state index in [1.165, 1.54) is 16.0 Å². The highest BCUT2D eigenvalue weighted by Gasteiger charge is 2.23. The van der Waals surface area contributed by atoms with Gasteiger partial charge in [0.2, 0.25) is 5.91 Å². The number of carbonyl (C=O) groups is 1. The number of amides is 1. The molecule has 142 valence electrons. The lowest BCUT2D eigenvalue weighted by molar-refractivity contribution is -0.134. The normalized spacial score (nSPS) is 19.1. The van der Waals surface area contributed by atoms with Crippen molar-refractivity contribution in [1.29, 1.82) is 0 Å². The molecule has 0 radical (unpaired) electrons. The highest BCUT2D eigenvalue weighted by molar-refractivity contribution is 7.09. The Hall–Kier alpha value is -1.95. The van der Waals surface area contributed by atoms with Gasteiger partial charge in [0, 0.05) is 50.7 Å².